The fraction of sp³-hybridized carbons (Fsp3) is 0.300. The first-order chi connectivity index (χ1) is 12.9. The van der Waals surface area contributed by atoms with Crippen LogP contribution in [0.5, 0.6) is 0 Å². The molecule has 1 fully saturated rings. The summed E-state index contributed by atoms with van der Waals surface area (Å²) in [5.41, 5.74) is 3.33. The molecule has 1 saturated heterocycles. The average Bonchev–Trinajstić information content (AvgIpc) is 3.24. The second kappa shape index (κ2) is 8.01. The van der Waals surface area contributed by atoms with Crippen LogP contribution in [-0.2, 0) is 17.8 Å². The van der Waals surface area contributed by atoms with E-state index in [4.69, 9.17) is 4.74 Å². The summed E-state index contributed by atoms with van der Waals surface area (Å²) < 4.78 is 5.51. The Bertz CT molecular complexity index is 780. The molecule has 6 nitrogen and oxygen atoms in total. The van der Waals surface area contributed by atoms with E-state index in [2.05, 4.69) is 43.0 Å². The van der Waals surface area contributed by atoms with E-state index >= 15 is 0 Å². The number of aromatic nitrogens is 4. The molecule has 0 saturated carbocycles. The summed E-state index contributed by atoms with van der Waals surface area (Å²) in [6, 6.07) is 10.2. The first kappa shape index (κ1) is 16.6. The van der Waals surface area contributed by atoms with Crippen LogP contribution in [0.3, 0.4) is 0 Å². The number of hydrogen-bond acceptors (Lipinski definition) is 6. The molecule has 132 valence electrons. The molecule has 1 aliphatic heterocycles. The standard InChI is InChI=1S/C20H21N5O/c1-3-16(10-21-6-1)12-25(13-17-4-2-7-22-11-17)20-9-19(23-15-24-20)18-5-8-26-14-18/h1-4,6-7,9-11,15,18H,5,8,12-14H2/t18-/m1/s1. The summed E-state index contributed by atoms with van der Waals surface area (Å²) in [7, 11) is 0. The Balaban J connectivity index is 1.62. The minimum Gasteiger partial charge on any atom is -0.381 e. The Hall–Kier alpha value is -2.86. The second-order valence-corrected chi connectivity index (χ2v) is 6.44. The summed E-state index contributed by atoms with van der Waals surface area (Å²) in [4.78, 5) is 19.7. The highest BCUT2D eigenvalue weighted by Gasteiger charge is 2.21. The molecule has 4 heterocycles. The molecule has 0 amide bonds. The number of hydrogen-bond donors (Lipinski definition) is 0. The van der Waals surface area contributed by atoms with Gasteiger partial charge in [-0.1, -0.05) is 12.1 Å². The summed E-state index contributed by atoms with van der Waals surface area (Å²) >= 11 is 0. The molecule has 0 aliphatic carbocycles. The van der Waals surface area contributed by atoms with Gasteiger partial charge in [-0.15, -0.1) is 0 Å². The van der Waals surface area contributed by atoms with Crippen molar-refractivity contribution in [3.05, 3.63) is 78.3 Å². The first-order valence-electron chi connectivity index (χ1n) is 8.81. The topological polar surface area (TPSA) is 64.0 Å². The Morgan fingerprint density at radius 1 is 1.00 bits per heavy atom. The maximum atomic E-state index is 5.51. The van der Waals surface area contributed by atoms with Crippen molar-refractivity contribution in [3.63, 3.8) is 0 Å². The van der Waals surface area contributed by atoms with Crippen molar-refractivity contribution < 1.29 is 4.74 Å². The van der Waals surface area contributed by atoms with E-state index in [1.807, 2.05) is 24.5 Å². The number of anilines is 1. The average molecular weight is 347 g/mol. The van der Waals surface area contributed by atoms with Crippen LogP contribution in [0.15, 0.2) is 61.4 Å². The summed E-state index contributed by atoms with van der Waals surface area (Å²) in [5, 5.41) is 0. The van der Waals surface area contributed by atoms with Gasteiger partial charge in [0, 0.05) is 56.5 Å². The van der Waals surface area contributed by atoms with E-state index in [1.165, 1.54) is 0 Å². The van der Waals surface area contributed by atoms with Crippen LogP contribution in [-0.4, -0.2) is 33.1 Å². The number of pyridine rings is 2. The zero-order valence-corrected chi connectivity index (χ0v) is 14.5. The third-order valence-electron chi connectivity index (χ3n) is 4.54. The van der Waals surface area contributed by atoms with Crippen molar-refractivity contribution in [3.8, 4) is 0 Å². The van der Waals surface area contributed by atoms with Gasteiger partial charge in [0.05, 0.1) is 12.3 Å². The molecule has 26 heavy (non-hydrogen) atoms. The first-order valence-corrected chi connectivity index (χ1v) is 8.81. The normalized spacial score (nSPS) is 16.5. The van der Waals surface area contributed by atoms with Gasteiger partial charge < -0.3 is 9.64 Å². The van der Waals surface area contributed by atoms with Gasteiger partial charge in [0.15, 0.2) is 0 Å². The molecule has 1 aliphatic rings. The van der Waals surface area contributed by atoms with Gasteiger partial charge in [-0.25, -0.2) is 9.97 Å². The van der Waals surface area contributed by atoms with E-state index in [0.29, 0.717) is 5.92 Å². The number of ether oxygens (including phenoxy) is 1. The Morgan fingerprint density at radius 2 is 1.73 bits per heavy atom. The molecular weight excluding hydrogens is 326 g/mol. The zero-order chi connectivity index (χ0) is 17.6. The van der Waals surface area contributed by atoms with Crippen LogP contribution in [0.2, 0.25) is 0 Å². The van der Waals surface area contributed by atoms with Crippen molar-refractivity contribution >= 4 is 5.82 Å². The SMILES string of the molecule is c1cncc(CN(Cc2cccnc2)c2cc([C@@H]3CCOC3)ncn2)c1. The van der Waals surface area contributed by atoms with Gasteiger partial charge in [-0.3, -0.25) is 9.97 Å². The summed E-state index contributed by atoms with van der Waals surface area (Å²) in [6.07, 6.45) is 10.0. The third kappa shape index (κ3) is 4.03. The van der Waals surface area contributed by atoms with E-state index in [1.54, 1.807) is 18.7 Å². The molecule has 0 aromatic carbocycles. The lowest BCUT2D eigenvalue weighted by Gasteiger charge is -2.24. The summed E-state index contributed by atoms with van der Waals surface area (Å²) in [6.45, 7) is 2.99. The van der Waals surface area contributed by atoms with Crippen LogP contribution in [0.4, 0.5) is 5.82 Å². The van der Waals surface area contributed by atoms with Crippen molar-refractivity contribution in [1.82, 2.24) is 19.9 Å². The van der Waals surface area contributed by atoms with Crippen LogP contribution >= 0.6 is 0 Å². The quantitative estimate of drug-likeness (QED) is 0.683. The Kier molecular flexibility index (Phi) is 5.12. The molecule has 3 aromatic heterocycles. The van der Waals surface area contributed by atoms with Crippen molar-refractivity contribution in [2.45, 2.75) is 25.4 Å². The molecule has 4 rings (SSSR count). The molecular formula is C20H21N5O. The predicted octanol–water partition coefficient (Wildman–Crippen LogP) is 2.98. The lowest BCUT2D eigenvalue weighted by atomic mass is 10.0. The lowest BCUT2D eigenvalue weighted by molar-refractivity contribution is 0.193. The summed E-state index contributed by atoms with van der Waals surface area (Å²) in [5.74, 6) is 1.27. The molecule has 0 spiro atoms. The van der Waals surface area contributed by atoms with Gasteiger partial charge in [-0.05, 0) is 29.7 Å². The van der Waals surface area contributed by atoms with E-state index in [0.717, 1.165) is 55.4 Å². The molecule has 3 aromatic rings. The highest BCUT2D eigenvalue weighted by molar-refractivity contribution is 5.41. The number of nitrogens with zero attached hydrogens (tertiary/aromatic N) is 5. The molecule has 0 N–H and O–H groups in total. The van der Waals surface area contributed by atoms with Crippen LogP contribution in [0, 0.1) is 0 Å². The minimum atomic E-state index is 0.357. The maximum Gasteiger partial charge on any atom is 0.132 e. The number of rotatable bonds is 6. The molecule has 0 unspecified atom stereocenters. The van der Waals surface area contributed by atoms with Crippen molar-refractivity contribution in [1.29, 1.82) is 0 Å². The van der Waals surface area contributed by atoms with Crippen LogP contribution < -0.4 is 4.90 Å². The van der Waals surface area contributed by atoms with E-state index < -0.39 is 0 Å². The highest BCUT2D eigenvalue weighted by Crippen LogP contribution is 2.26. The van der Waals surface area contributed by atoms with Gasteiger partial charge in [0.2, 0.25) is 0 Å². The molecule has 0 bridgehead atoms. The van der Waals surface area contributed by atoms with Gasteiger partial charge in [-0.2, -0.15) is 0 Å². The third-order valence-corrected chi connectivity index (χ3v) is 4.54. The van der Waals surface area contributed by atoms with Crippen LogP contribution in [0.25, 0.3) is 0 Å². The minimum absolute atomic E-state index is 0.357. The fourth-order valence-corrected chi connectivity index (χ4v) is 3.17. The predicted molar refractivity (Wildman–Crippen MR) is 98.6 cm³/mol. The van der Waals surface area contributed by atoms with Crippen molar-refractivity contribution in [2.24, 2.45) is 0 Å². The fourth-order valence-electron chi connectivity index (χ4n) is 3.17. The van der Waals surface area contributed by atoms with Crippen molar-refractivity contribution in [2.75, 3.05) is 18.1 Å². The molecule has 1 atom stereocenters. The second-order valence-electron chi connectivity index (χ2n) is 6.44. The highest BCUT2D eigenvalue weighted by atomic mass is 16.5. The van der Waals surface area contributed by atoms with Gasteiger partial charge >= 0.3 is 0 Å². The Morgan fingerprint density at radius 3 is 2.31 bits per heavy atom. The lowest BCUT2D eigenvalue weighted by Crippen LogP contribution is -2.24. The Labute approximate surface area is 152 Å². The van der Waals surface area contributed by atoms with Gasteiger partial charge in [0.25, 0.3) is 0 Å². The smallest absolute Gasteiger partial charge is 0.132 e. The van der Waals surface area contributed by atoms with Gasteiger partial charge in [0.1, 0.15) is 12.1 Å². The maximum absolute atomic E-state index is 5.51. The largest absolute Gasteiger partial charge is 0.381 e. The van der Waals surface area contributed by atoms with E-state index in [-0.39, 0.29) is 0 Å². The van der Waals surface area contributed by atoms with Crippen LogP contribution in [0.1, 0.15) is 29.2 Å². The monoisotopic (exact) mass is 347 g/mol. The zero-order valence-electron chi connectivity index (χ0n) is 14.5. The molecule has 0 radical (unpaired) electrons. The molecule has 6 heteroatoms. The van der Waals surface area contributed by atoms with E-state index in [9.17, 15) is 0 Å².